The van der Waals surface area contributed by atoms with E-state index in [1.807, 2.05) is 6.07 Å². The summed E-state index contributed by atoms with van der Waals surface area (Å²) in [4.78, 5) is 12.3. The van der Waals surface area contributed by atoms with Crippen LogP contribution < -0.4 is 0 Å². The Morgan fingerprint density at radius 3 is 2.32 bits per heavy atom. The molecular formula is C17H15ClN2O4S. The molecule has 0 saturated heterocycles. The van der Waals surface area contributed by atoms with Gasteiger partial charge in [-0.15, -0.1) is 0 Å². The second kappa shape index (κ2) is 8.51. The van der Waals surface area contributed by atoms with Gasteiger partial charge in [-0.2, -0.15) is 9.57 Å². The van der Waals surface area contributed by atoms with Gasteiger partial charge in [-0.25, -0.2) is 13.2 Å². The Kier molecular flexibility index (Phi) is 6.39. The van der Waals surface area contributed by atoms with E-state index in [0.29, 0.717) is 14.9 Å². The van der Waals surface area contributed by atoms with E-state index in [4.69, 9.17) is 21.6 Å². The second-order valence-corrected chi connectivity index (χ2v) is 7.42. The third kappa shape index (κ3) is 5.48. The van der Waals surface area contributed by atoms with Crippen LogP contribution in [0.4, 0.5) is 4.79 Å². The average molecular weight is 379 g/mol. The summed E-state index contributed by atoms with van der Waals surface area (Å²) < 4.78 is 30.1. The molecule has 2 rings (SSSR count). The molecule has 2 aromatic carbocycles. The molecule has 0 heterocycles. The number of hydrogen-bond acceptors (Lipinski definition) is 5. The molecule has 0 aliphatic rings. The number of benzene rings is 2. The van der Waals surface area contributed by atoms with Crippen LogP contribution in [0.2, 0.25) is 5.02 Å². The lowest BCUT2D eigenvalue weighted by Gasteiger charge is -2.21. The maximum absolute atomic E-state index is 12.3. The first-order chi connectivity index (χ1) is 11.9. The number of carbonyl (C=O) groups excluding carboxylic acids is 1. The van der Waals surface area contributed by atoms with Crippen molar-refractivity contribution in [1.82, 2.24) is 4.31 Å². The minimum absolute atomic E-state index is 0.0706. The van der Waals surface area contributed by atoms with E-state index in [-0.39, 0.29) is 13.2 Å². The number of hydrogen-bond donors (Lipinski definition) is 0. The van der Waals surface area contributed by atoms with Crippen molar-refractivity contribution in [2.24, 2.45) is 0 Å². The number of carbonyl (C=O) groups is 1. The molecule has 0 aromatic heterocycles. The molecule has 0 atom stereocenters. The van der Waals surface area contributed by atoms with Crippen molar-refractivity contribution in [3.05, 3.63) is 70.7 Å². The fraction of sp³-hybridized carbons (Fsp3) is 0.176. The molecule has 1 amide bonds. The predicted molar refractivity (Wildman–Crippen MR) is 93.0 cm³/mol. The molecule has 0 fully saturated rings. The largest absolute Gasteiger partial charge is 0.444 e. The van der Waals surface area contributed by atoms with Crippen molar-refractivity contribution in [2.45, 2.75) is 13.2 Å². The Bertz CT molecular complexity index is 862. The zero-order chi connectivity index (χ0) is 18.3. The summed E-state index contributed by atoms with van der Waals surface area (Å²) in [7, 11) is -4.12. The highest BCUT2D eigenvalue weighted by Crippen LogP contribution is 2.15. The van der Waals surface area contributed by atoms with Crippen LogP contribution in [0.1, 0.15) is 11.1 Å². The van der Waals surface area contributed by atoms with E-state index in [1.54, 1.807) is 54.6 Å². The van der Waals surface area contributed by atoms with E-state index in [2.05, 4.69) is 0 Å². The predicted octanol–water partition coefficient (Wildman–Crippen LogP) is 3.33. The highest BCUT2D eigenvalue weighted by Gasteiger charge is 2.29. The molecule has 130 valence electrons. The number of nitrogens with zero attached hydrogens (tertiary/aromatic N) is 2. The van der Waals surface area contributed by atoms with Crippen molar-refractivity contribution in [3.63, 3.8) is 0 Å². The van der Waals surface area contributed by atoms with Crippen LogP contribution in [0.15, 0.2) is 54.6 Å². The number of nitriles is 1. The number of rotatable bonds is 6. The van der Waals surface area contributed by atoms with E-state index >= 15 is 0 Å². The van der Waals surface area contributed by atoms with E-state index in [1.165, 1.54) is 0 Å². The van der Waals surface area contributed by atoms with Crippen LogP contribution in [0, 0.1) is 11.3 Å². The maximum Gasteiger partial charge on any atom is 0.424 e. The Labute approximate surface area is 151 Å². The fourth-order valence-electron chi connectivity index (χ4n) is 1.98. The van der Waals surface area contributed by atoms with Gasteiger partial charge in [0.2, 0.25) is 0 Å². The fourth-order valence-corrected chi connectivity index (χ4v) is 3.05. The molecule has 6 nitrogen and oxygen atoms in total. The summed E-state index contributed by atoms with van der Waals surface area (Å²) in [5, 5.41) is 9.21. The molecule has 0 unspecified atom stereocenters. The quantitative estimate of drug-likeness (QED) is 0.769. The first-order valence-electron chi connectivity index (χ1n) is 7.25. The normalized spacial score (nSPS) is 10.7. The zero-order valence-electron chi connectivity index (χ0n) is 13.1. The van der Waals surface area contributed by atoms with E-state index in [9.17, 15) is 13.2 Å². The number of halogens is 1. The Balaban J connectivity index is 2.17. The molecule has 0 N–H and O–H groups in total. The van der Waals surface area contributed by atoms with Gasteiger partial charge in [-0.3, -0.25) is 0 Å². The number of amides is 1. The number of ether oxygens (including phenoxy) is 1. The van der Waals surface area contributed by atoms with Crippen LogP contribution in [0.5, 0.6) is 0 Å². The van der Waals surface area contributed by atoms with Gasteiger partial charge in [-0.05, 0) is 23.3 Å². The summed E-state index contributed by atoms with van der Waals surface area (Å²) in [6.07, 6.45) is -1.03. The summed E-state index contributed by atoms with van der Waals surface area (Å²) in [5.74, 6) is -0.818. The van der Waals surface area contributed by atoms with E-state index in [0.717, 1.165) is 5.56 Å². The topological polar surface area (TPSA) is 87.5 Å². The van der Waals surface area contributed by atoms with Crippen molar-refractivity contribution in [1.29, 1.82) is 5.26 Å². The summed E-state index contributed by atoms with van der Waals surface area (Å²) >= 11 is 5.80. The first-order valence-corrected chi connectivity index (χ1v) is 9.23. The Morgan fingerprint density at radius 2 is 1.72 bits per heavy atom. The average Bonchev–Trinajstić information content (AvgIpc) is 2.60. The van der Waals surface area contributed by atoms with Crippen LogP contribution in [-0.2, 0) is 27.9 Å². The monoisotopic (exact) mass is 378 g/mol. The van der Waals surface area contributed by atoms with Crippen molar-refractivity contribution in [3.8, 4) is 6.07 Å². The third-order valence-corrected chi connectivity index (χ3v) is 4.93. The maximum atomic E-state index is 12.3. The van der Waals surface area contributed by atoms with Gasteiger partial charge in [0, 0.05) is 5.02 Å². The van der Waals surface area contributed by atoms with Crippen LogP contribution in [-0.4, -0.2) is 24.6 Å². The Morgan fingerprint density at radius 1 is 1.08 bits per heavy atom. The third-order valence-electron chi connectivity index (χ3n) is 3.23. The highest BCUT2D eigenvalue weighted by molar-refractivity contribution is 7.89. The zero-order valence-corrected chi connectivity index (χ0v) is 14.7. The van der Waals surface area contributed by atoms with Crippen LogP contribution in [0.3, 0.4) is 0 Å². The van der Waals surface area contributed by atoms with E-state index < -0.39 is 21.9 Å². The van der Waals surface area contributed by atoms with Gasteiger partial charge in [0.05, 0.1) is 12.6 Å². The van der Waals surface area contributed by atoms with Crippen molar-refractivity contribution in [2.75, 3.05) is 5.75 Å². The molecule has 8 heteroatoms. The van der Waals surface area contributed by atoms with Gasteiger partial charge >= 0.3 is 6.09 Å². The summed E-state index contributed by atoms with van der Waals surface area (Å²) in [5.41, 5.74) is 1.27. The van der Waals surface area contributed by atoms with Gasteiger partial charge in [0.15, 0.2) is 5.75 Å². The highest BCUT2D eigenvalue weighted by atomic mass is 35.5. The van der Waals surface area contributed by atoms with Crippen molar-refractivity contribution < 1.29 is 17.9 Å². The molecule has 0 bridgehead atoms. The second-order valence-electron chi connectivity index (χ2n) is 5.09. The Hall–Kier alpha value is -2.56. The van der Waals surface area contributed by atoms with Gasteiger partial charge in [-0.1, -0.05) is 54.1 Å². The molecule has 25 heavy (non-hydrogen) atoms. The van der Waals surface area contributed by atoms with Gasteiger partial charge in [0.25, 0.3) is 10.0 Å². The molecular weight excluding hydrogens is 364 g/mol. The molecule has 0 aliphatic heterocycles. The lowest BCUT2D eigenvalue weighted by molar-refractivity contribution is 0.117. The molecule has 0 aliphatic carbocycles. The minimum Gasteiger partial charge on any atom is -0.444 e. The summed E-state index contributed by atoms with van der Waals surface area (Å²) in [6.45, 7) is -0.312. The molecule has 0 saturated carbocycles. The molecule has 0 radical (unpaired) electrons. The minimum atomic E-state index is -4.12. The molecule has 2 aromatic rings. The first kappa shape index (κ1) is 18.8. The standard InChI is InChI=1S/C17H15ClN2O4S/c18-16-8-6-14(7-9-16)12-20(25(22,23)11-10-19)17(21)24-13-15-4-2-1-3-5-15/h1-9H,11-13H2. The summed E-state index contributed by atoms with van der Waals surface area (Å²) in [6, 6.07) is 16.8. The van der Waals surface area contributed by atoms with Crippen molar-refractivity contribution >= 4 is 27.7 Å². The van der Waals surface area contributed by atoms with Crippen LogP contribution in [0.25, 0.3) is 0 Å². The van der Waals surface area contributed by atoms with Gasteiger partial charge < -0.3 is 4.74 Å². The molecule has 0 spiro atoms. The smallest absolute Gasteiger partial charge is 0.424 e. The van der Waals surface area contributed by atoms with Gasteiger partial charge in [0.1, 0.15) is 6.61 Å². The lowest BCUT2D eigenvalue weighted by atomic mass is 10.2. The van der Waals surface area contributed by atoms with Crippen LogP contribution >= 0.6 is 11.6 Å². The lowest BCUT2D eigenvalue weighted by Crippen LogP contribution is -2.38. The SMILES string of the molecule is N#CCS(=O)(=O)N(Cc1ccc(Cl)cc1)C(=O)OCc1ccccc1. The number of sulfonamides is 1.